The predicted octanol–water partition coefficient (Wildman–Crippen LogP) is 0.396. The number of pyridine rings is 1. The van der Waals surface area contributed by atoms with E-state index in [9.17, 15) is 5.21 Å². The molecule has 0 aliphatic heterocycles. The van der Waals surface area contributed by atoms with Gasteiger partial charge in [0.15, 0.2) is 11.9 Å². The minimum atomic E-state index is 0.425. The minimum absolute atomic E-state index is 0.425. The van der Waals surface area contributed by atoms with Gasteiger partial charge in [0.25, 0.3) is 0 Å². The monoisotopic (exact) mass is 152 g/mol. The second kappa shape index (κ2) is 2.88. The molecule has 60 valence electrons. The van der Waals surface area contributed by atoms with E-state index in [4.69, 9.17) is 5.73 Å². The molecule has 0 fully saturated rings. The van der Waals surface area contributed by atoms with Crippen LogP contribution in [0.2, 0.25) is 0 Å². The van der Waals surface area contributed by atoms with E-state index in [2.05, 4.69) is 0 Å². The van der Waals surface area contributed by atoms with Crippen molar-refractivity contribution < 1.29 is 4.73 Å². The number of aromatic nitrogens is 1. The second-order valence-corrected chi connectivity index (χ2v) is 2.65. The Kier molecular flexibility index (Phi) is 2.10. The van der Waals surface area contributed by atoms with E-state index < -0.39 is 0 Å². The van der Waals surface area contributed by atoms with Gasteiger partial charge in [0, 0.05) is 25.1 Å². The summed E-state index contributed by atoms with van der Waals surface area (Å²) in [6.07, 6.45) is 1.53. The van der Waals surface area contributed by atoms with Gasteiger partial charge in [0.2, 0.25) is 0 Å². The summed E-state index contributed by atoms with van der Waals surface area (Å²) < 4.78 is 0.842. The van der Waals surface area contributed by atoms with Crippen LogP contribution in [0, 0.1) is 19.1 Å². The third kappa shape index (κ3) is 1.49. The van der Waals surface area contributed by atoms with Gasteiger partial charge in [-0.05, 0) is 12.5 Å². The van der Waals surface area contributed by atoms with Gasteiger partial charge in [0.1, 0.15) is 0 Å². The Morgan fingerprint density at radius 2 is 2.18 bits per heavy atom. The Morgan fingerprint density at radius 1 is 1.55 bits per heavy atom. The maximum absolute atomic E-state index is 11.0. The van der Waals surface area contributed by atoms with Crippen molar-refractivity contribution in [2.24, 2.45) is 5.73 Å². The van der Waals surface area contributed by atoms with Crippen molar-refractivity contribution in [1.82, 2.24) is 0 Å². The molecule has 1 rings (SSSR count). The van der Waals surface area contributed by atoms with Crippen LogP contribution in [0.3, 0.4) is 0 Å². The van der Waals surface area contributed by atoms with Crippen LogP contribution in [0.5, 0.6) is 0 Å². The largest absolute Gasteiger partial charge is 0.619 e. The van der Waals surface area contributed by atoms with Crippen molar-refractivity contribution in [1.29, 1.82) is 0 Å². The molecule has 1 heterocycles. The number of aryl methyl sites for hydroxylation is 2. The summed E-state index contributed by atoms with van der Waals surface area (Å²) in [7, 11) is 0. The fourth-order valence-corrected chi connectivity index (χ4v) is 1.03. The van der Waals surface area contributed by atoms with Gasteiger partial charge in [-0.15, -0.1) is 0 Å². The van der Waals surface area contributed by atoms with Gasteiger partial charge in [0.05, 0.1) is 0 Å². The number of nitrogens with zero attached hydrogens (tertiary/aromatic N) is 1. The van der Waals surface area contributed by atoms with Crippen LogP contribution in [0.15, 0.2) is 12.3 Å². The van der Waals surface area contributed by atoms with Crippen molar-refractivity contribution in [3.05, 3.63) is 34.3 Å². The molecular formula is C8H12N2O. The smallest absolute Gasteiger partial charge is 0.189 e. The fraction of sp³-hybridized carbons (Fsp3) is 0.375. The highest BCUT2D eigenvalue weighted by Crippen LogP contribution is 2.04. The van der Waals surface area contributed by atoms with Crippen molar-refractivity contribution in [2.45, 2.75) is 20.4 Å². The zero-order valence-corrected chi connectivity index (χ0v) is 6.79. The van der Waals surface area contributed by atoms with E-state index in [1.807, 2.05) is 13.0 Å². The first kappa shape index (κ1) is 8.01. The van der Waals surface area contributed by atoms with Crippen molar-refractivity contribution in [3.8, 4) is 0 Å². The van der Waals surface area contributed by atoms with E-state index in [0.29, 0.717) is 12.2 Å². The molecule has 3 nitrogen and oxygen atoms in total. The number of nitrogens with two attached hydrogens (primary N) is 1. The molecule has 0 atom stereocenters. The molecule has 0 bridgehead atoms. The summed E-state index contributed by atoms with van der Waals surface area (Å²) in [5, 5.41) is 11.0. The Balaban J connectivity index is 3.21. The number of rotatable bonds is 1. The van der Waals surface area contributed by atoms with Crippen LogP contribution in [0.1, 0.15) is 16.8 Å². The summed E-state index contributed by atoms with van der Waals surface area (Å²) in [6, 6.07) is 1.84. The summed E-state index contributed by atoms with van der Waals surface area (Å²) in [5.41, 5.74) is 8.11. The van der Waals surface area contributed by atoms with Gasteiger partial charge < -0.3 is 10.9 Å². The summed E-state index contributed by atoms with van der Waals surface area (Å²) in [6.45, 7) is 4.16. The quantitative estimate of drug-likeness (QED) is 0.467. The molecule has 0 saturated carbocycles. The summed E-state index contributed by atoms with van der Waals surface area (Å²) in [5.74, 6) is 0. The SMILES string of the molecule is Cc1cc(C)[n+]([O-])cc1CN. The molecule has 2 N–H and O–H groups in total. The highest BCUT2D eigenvalue weighted by Gasteiger charge is 2.03. The summed E-state index contributed by atoms with van der Waals surface area (Å²) >= 11 is 0. The van der Waals surface area contributed by atoms with Gasteiger partial charge in [-0.3, -0.25) is 0 Å². The first-order valence-electron chi connectivity index (χ1n) is 3.54. The lowest BCUT2D eigenvalue weighted by Crippen LogP contribution is -2.30. The molecule has 0 unspecified atom stereocenters. The van der Waals surface area contributed by atoms with E-state index in [0.717, 1.165) is 15.9 Å². The Hall–Kier alpha value is -1.09. The Labute approximate surface area is 66.0 Å². The molecule has 0 spiro atoms. The molecule has 0 saturated heterocycles. The van der Waals surface area contributed by atoms with Crippen molar-refractivity contribution in [3.63, 3.8) is 0 Å². The second-order valence-electron chi connectivity index (χ2n) is 2.65. The van der Waals surface area contributed by atoms with E-state index in [1.165, 1.54) is 6.20 Å². The first-order chi connectivity index (χ1) is 5.15. The van der Waals surface area contributed by atoms with Crippen LogP contribution in [-0.4, -0.2) is 0 Å². The molecule has 0 amide bonds. The number of hydrogen-bond donors (Lipinski definition) is 1. The Morgan fingerprint density at radius 3 is 2.73 bits per heavy atom. The van der Waals surface area contributed by atoms with Gasteiger partial charge >= 0.3 is 0 Å². The minimum Gasteiger partial charge on any atom is -0.619 e. The standard InChI is InChI=1S/C8H12N2O/c1-6-3-7(2)10(11)5-8(6)4-9/h3,5H,4,9H2,1-2H3. The molecule has 1 aromatic heterocycles. The molecular weight excluding hydrogens is 140 g/mol. The molecule has 0 radical (unpaired) electrons. The molecule has 1 aromatic rings. The van der Waals surface area contributed by atoms with Crippen molar-refractivity contribution in [2.75, 3.05) is 0 Å². The lowest BCUT2D eigenvalue weighted by molar-refractivity contribution is -0.612. The first-order valence-corrected chi connectivity index (χ1v) is 3.54. The van der Waals surface area contributed by atoms with E-state index in [-0.39, 0.29) is 0 Å². The third-order valence-electron chi connectivity index (χ3n) is 1.77. The van der Waals surface area contributed by atoms with Crippen LogP contribution in [-0.2, 0) is 6.54 Å². The molecule has 0 aliphatic carbocycles. The maximum Gasteiger partial charge on any atom is 0.189 e. The van der Waals surface area contributed by atoms with Crippen LogP contribution in [0.25, 0.3) is 0 Å². The molecule has 0 aromatic carbocycles. The van der Waals surface area contributed by atoms with Crippen LogP contribution in [0.4, 0.5) is 0 Å². The number of hydrogen-bond acceptors (Lipinski definition) is 2. The topological polar surface area (TPSA) is 53.0 Å². The fourth-order valence-electron chi connectivity index (χ4n) is 1.03. The van der Waals surface area contributed by atoms with Crippen LogP contribution < -0.4 is 10.5 Å². The highest BCUT2D eigenvalue weighted by molar-refractivity contribution is 5.21. The van der Waals surface area contributed by atoms with Crippen molar-refractivity contribution >= 4 is 0 Å². The lowest BCUT2D eigenvalue weighted by Gasteiger charge is -2.04. The normalized spacial score (nSPS) is 10.1. The zero-order chi connectivity index (χ0) is 8.43. The average Bonchev–Trinajstić information content (AvgIpc) is 1.97. The Bertz CT molecular complexity index is 271. The highest BCUT2D eigenvalue weighted by atomic mass is 16.5. The van der Waals surface area contributed by atoms with Gasteiger partial charge in [-0.25, -0.2) is 0 Å². The molecule has 0 aliphatic rings. The lowest BCUT2D eigenvalue weighted by atomic mass is 10.1. The van der Waals surface area contributed by atoms with E-state index >= 15 is 0 Å². The zero-order valence-electron chi connectivity index (χ0n) is 6.79. The molecule has 3 heteroatoms. The average molecular weight is 152 g/mol. The third-order valence-corrected chi connectivity index (χ3v) is 1.77. The van der Waals surface area contributed by atoms with Crippen LogP contribution >= 0.6 is 0 Å². The predicted molar refractivity (Wildman–Crippen MR) is 42.8 cm³/mol. The van der Waals surface area contributed by atoms with E-state index in [1.54, 1.807) is 6.92 Å². The van der Waals surface area contributed by atoms with Gasteiger partial charge in [-0.2, -0.15) is 4.73 Å². The molecule has 11 heavy (non-hydrogen) atoms. The maximum atomic E-state index is 11.0. The summed E-state index contributed by atoms with van der Waals surface area (Å²) in [4.78, 5) is 0. The van der Waals surface area contributed by atoms with Gasteiger partial charge in [-0.1, -0.05) is 0 Å².